The zero-order chi connectivity index (χ0) is 10.3. The van der Waals surface area contributed by atoms with Crippen molar-refractivity contribution >= 4 is 15.9 Å². The lowest BCUT2D eigenvalue weighted by atomic mass is 10.1. The van der Waals surface area contributed by atoms with E-state index in [0.717, 1.165) is 0 Å². The van der Waals surface area contributed by atoms with Crippen LogP contribution >= 0.6 is 15.9 Å². The lowest BCUT2D eigenvalue weighted by molar-refractivity contribution is -0.617. The van der Waals surface area contributed by atoms with Gasteiger partial charge in [0.25, 0.3) is 0 Å². The van der Waals surface area contributed by atoms with Gasteiger partial charge in [-0.25, -0.2) is 0 Å². The quantitative estimate of drug-likeness (QED) is 0.526. The molecule has 0 atom stereocenters. The summed E-state index contributed by atoms with van der Waals surface area (Å²) < 4.78 is 12.3. The van der Waals surface area contributed by atoms with Crippen LogP contribution in [-0.4, -0.2) is 12.2 Å². The molecule has 5 heteroatoms. The van der Waals surface area contributed by atoms with Crippen molar-refractivity contribution in [3.05, 3.63) is 21.9 Å². The molecule has 0 N–H and O–H groups in total. The van der Waals surface area contributed by atoms with Crippen molar-refractivity contribution in [1.29, 1.82) is 0 Å². The van der Waals surface area contributed by atoms with Crippen molar-refractivity contribution in [2.24, 2.45) is 0 Å². The second kappa shape index (κ2) is 3.02. The molecule has 1 aromatic rings. The molecule has 0 unspecified atom stereocenters. The predicted molar refractivity (Wildman–Crippen MR) is 53.3 cm³/mol. The summed E-state index contributed by atoms with van der Waals surface area (Å²) in [6.45, 7) is 4.19. The van der Waals surface area contributed by atoms with Crippen molar-refractivity contribution in [3.63, 3.8) is 0 Å². The molecule has 1 aromatic heterocycles. The first-order valence-corrected chi connectivity index (χ1v) is 5.02. The summed E-state index contributed by atoms with van der Waals surface area (Å²) in [6, 6.07) is 1.72. The Labute approximate surface area is 90.2 Å². The molecule has 0 amide bonds. The van der Waals surface area contributed by atoms with Gasteiger partial charge in [0.05, 0.1) is 4.47 Å². The molecular weight excluding hydrogens is 250 g/mol. The van der Waals surface area contributed by atoms with Crippen LogP contribution in [0.5, 0.6) is 11.6 Å². The third-order valence-corrected chi connectivity index (χ3v) is 2.30. The lowest BCUT2D eigenvalue weighted by Gasteiger charge is -2.30. The number of aromatic nitrogens is 1. The third-order valence-electron chi connectivity index (χ3n) is 1.87. The normalized spacial score (nSPS) is 17.9. The molecule has 1 aliphatic rings. The summed E-state index contributed by atoms with van der Waals surface area (Å²) in [5, 5.41) is 11.5. The zero-order valence-corrected chi connectivity index (χ0v) is 9.50. The number of ether oxygens (including phenoxy) is 2. The average molecular weight is 260 g/mol. The van der Waals surface area contributed by atoms with Gasteiger partial charge >= 0.3 is 5.88 Å². The smallest absolute Gasteiger partial charge is 0.423 e. The van der Waals surface area contributed by atoms with E-state index in [4.69, 9.17) is 9.47 Å². The van der Waals surface area contributed by atoms with E-state index in [9.17, 15) is 5.21 Å². The largest absolute Gasteiger partial charge is 0.616 e. The molecular formula is C9H10BrNO3. The number of halogens is 1. The van der Waals surface area contributed by atoms with E-state index in [1.807, 2.05) is 13.8 Å². The summed E-state index contributed by atoms with van der Waals surface area (Å²) in [5.41, 5.74) is -0.451. The molecule has 0 spiro atoms. The van der Waals surface area contributed by atoms with Gasteiger partial charge in [-0.2, -0.15) is 0 Å². The fourth-order valence-electron chi connectivity index (χ4n) is 1.24. The van der Waals surface area contributed by atoms with Gasteiger partial charge in [-0.05, 0) is 29.8 Å². The zero-order valence-electron chi connectivity index (χ0n) is 7.91. The number of nitrogens with zero attached hydrogens (tertiary/aromatic N) is 1. The Kier molecular flexibility index (Phi) is 2.06. The molecule has 76 valence electrons. The first-order valence-electron chi connectivity index (χ1n) is 4.22. The monoisotopic (exact) mass is 259 g/mol. The Morgan fingerprint density at radius 1 is 1.57 bits per heavy atom. The maximum absolute atomic E-state index is 11.5. The van der Waals surface area contributed by atoms with Gasteiger partial charge in [0.15, 0.2) is 6.20 Å². The minimum absolute atomic E-state index is 0.226. The molecule has 0 aliphatic carbocycles. The summed E-state index contributed by atoms with van der Waals surface area (Å²) in [4.78, 5) is 0. The lowest BCUT2D eigenvalue weighted by Crippen LogP contribution is -2.44. The number of fused-ring (bicyclic) bond motifs is 1. The fraction of sp³-hybridized carbons (Fsp3) is 0.444. The Bertz CT molecular complexity index is 379. The summed E-state index contributed by atoms with van der Waals surface area (Å²) >= 11 is 3.21. The Morgan fingerprint density at radius 2 is 2.29 bits per heavy atom. The number of rotatable bonds is 0. The van der Waals surface area contributed by atoms with Crippen LogP contribution in [0.15, 0.2) is 16.7 Å². The Morgan fingerprint density at radius 3 is 3.00 bits per heavy atom. The van der Waals surface area contributed by atoms with Crippen molar-refractivity contribution in [2.75, 3.05) is 6.61 Å². The average Bonchev–Trinajstić information content (AvgIpc) is 2.06. The minimum Gasteiger partial charge on any atom is -0.616 e. The van der Waals surface area contributed by atoms with Crippen molar-refractivity contribution < 1.29 is 14.2 Å². The predicted octanol–water partition coefficient (Wildman–Crippen LogP) is 1.63. The molecule has 2 rings (SSSR count). The van der Waals surface area contributed by atoms with E-state index in [2.05, 4.69) is 15.9 Å². The maximum atomic E-state index is 11.5. The van der Waals surface area contributed by atoms with Crippen molar-refractivity contribution in [2.45, 2.75) is 19.4 Å². The molecule has 1 aliphatic heterocycles. The highest BCUT2D eigenvalue weighted by Crippen LogP contribution is 2.33. The number of hydrogen-bond acceptors (Lipinski definition) is 3. The maximum Gasteiger partial charge on any atom is 0.423 e. The second-order valence-electron chi connectivity index (χ2n) is 3.80. The Hall–Kier alpha value is -0.970. The van der Waals surface area contributed by atoms with Crippen LogP contribution in [0.4, 0.5) is 0 Å². The molecule has 0 saturated carbocycles. The standard InChI is InChI=1S/C9H10BrNO3/c1-9(2)5-13-7-3-6(10)4-11(12)8(7)14-9/h3-4H,5H2,1-2H3. The number of hydrogen-bond donors (Lipinski definition) is 0. The molecule has 0 fully saturated rings. The number of pyridine rings is 1. The molecule has 14 heavy (non-hydrogen) atoms. The minimum atomic E-state index is -0.451. The van der Waals surface area contributed by atoms with Crippen molar-refractivity contribution in [3.8, 4) is 11.6 Å². The third kappa shape index (κ3) is 1.64. The molecule has 0 aromatic carbocycles. The van der Waals surface area contributed by atoms with Gasteiger partial charge < -0.3 is 14.7 Å². The van der Waals surface area contributed by atoms with Crippen LogP contribution in [-0.2, 0) is 0 Å². The highest BCUT2D eigenvalue weighted by atomic mass is 79.9. The van der Waals surface area contributed by atoms with Crippen molar-refractivity contribution in [1.82, 2.24) is 0 Å². The van der Waals surface area contributed by atoms with Crippen LogP contribution in [0, 0.1) is 5.21 Å². The highest BCUT2D eigenvalue weighted by Gasteiger charge is 2.33. The van der Waals surface area contributed by atoms with E-state index in [0.29, 0.717) is 21.6 Å². The second-order valence-corrected chi connectivity index (χ2v) is 4.72. The molecule has 4 nitrogen and oxygen atoms in total. The van der Waals surface area contributed by atoms with Gasteiger partial charge in [-0.3, -0.25) is 0 Å². The molecule has 2 heterocycles. The van der Waals surface area contributed by atoms with E-state index in [1.165, 1.54) is 6.20 Å². The van der Waals surface area contributed by atoms with E-state index < -0.39 is 5.60 Å². The topological polar surface area (TPSA) is 45.4 Å². The van der Waals surface area contributed by atoms with Crippen LogP contribution < -0.4 is 14.2 Å². The van der Waals surface area contributed by atoms with Gasteiger partial charge in [0.1, 0.15) is 12.2 Å². The molecule has 0 saturated heterocycles. The van der Waals surface area contributed by atoms with Crippen LogP contribution in [0.2, 0.25) is 0 Å². The first-order chi connectivity index (χ1) is 6.48. The van der Waals surface area contributed by atoms with Crippen LogP contribution in [0.25, 0.3) is 0 Å². The molecule has 0 bridgehead atoms. The van der Waals surface area contributed by atoms with Gasteiger partial charge in [-0.15, -0.1) is 4.73 Å². The first kappa shape index (κ1) is 9.58. The fourth-order valence-corrected chi connectivity index (χ4v) is 1.64. The van der Waals surface area contributed by atoms with Gasteiger partial charge in [-0.1, -0.05) is 0 Å². The SMILES string of the molecule is CC1(C)COc2cc(Br)c[n+]([O-])c2O1. The van der Waals surface area contributed by atoms with Crippen LogP contribution in [0.1, 0.15) is 13.8 Å². The Balaban J connectivity index is 2.47. The van der Waals surface area contributed by atoms with E-state index in [1.54, 1.807) is 6.07 Å². The highest BCUT2D eigenvalue weighted by molar-refractivity contribution is 9.10. The molecule has 0 radical (unpaired) electrons. The van der Waals surface area contributed by atoms with Gasteiger partial charge in [0.2, 0.25) is 5.75 Å². The summed E-state index contributed by atoms with van der Waals surface area (Å²) in [5.74, 6) is 0.707. The van der Waals surface area contributed by atoms with Crippen LogP contribution in [0.3, 0.4) is 0 Å². The summed E-state index contributed by atoms with van der Waals surface area (Å²) in [6.07, 6.45) is 1.39. The summed E-state index contributed by atoms with van der Waals surface area (Å²) in [7, 11) is 0. The van der Waals surface area contributed by atoms with E-state index >= 15 is 0 Å². The van der Waals surface area contributed by atoms with Gasteiger partial charge in [0, 0.05) is 6.07 Å². The van der Waals surface area contributed by atoms with E-state index in [-0.39, 0.29) is 5.88 Å².